The smallest absolute Gasteiger partial charge is 0.192 e. The molecule has 3 saturated carbocycles. The van der Waals surface area contributed by atoms with Gasteiger partial charge in [0.25, 0.3) is 0 Å². The average Bonchev–Trinajstić information content (AvgIpc) is 3.36. The van der Waals surface area contributed by atoms with Crippen LogP contribution in [0.2, 0.25) is 18.1 Å². The number of rotatable bonds is 6. The summed E-state index contributed by atoms with van der Waals surface area (Å²) in [6.07, 6.45) is 12.2. The van der Waals surface area contributed by atoms with E-state index in [0.29, 0.717) is 31.2 Å². The van der Waals surface area contributed by atoms with E-state index in [2.05, 4.69) is 78.9 Å². The SMILES string of the molecule is CN(C)C/C=C\[C@H]1CC(O[Si](C)(C)C(C)(C)C)CC[C@]1(C)C1CC[C@@]2(C)C(CCC23OCCO3)[C@@H]1O. The largest absolute Gasteiger partial charge is 0.414 e. The summed E-state index contributed by atoms with van der Waals surface area (Å²) in [4.78, 5) is 2.22. The van der Waals surface area contributed by atoms with Crippen LogP contribution in [0.25, 0.3) is 0 Å². The minimum Gasteiger partial charge on any atom is -0.414 e. The van der Waals surface area contributed by atoms with Gasteiger partial charge in [0.2, 0.25) is 0 Å². The summed E-state index contributed by atoms with van der Waals surface area (Å²) >= 11 is 0. The third-order valence-electron chi connectivity index (χ3n) is 11.3. The molecule has 0 radical (unpaired) electrons. The molecular weight excluding hydrogens is 466 g/mol. The van der Waals surface area contributed by atoms with Crippen LogP contribution in [0.5, 0.6) is 0 Å². The minimum absolute atomic E-state index is 0.0734. The van der Waals surface area contributed by atoms with Crippen LogP contribution >= 0.6 is 0 Å². The molecule has 0 aromatic heterocycles. The fourth-order valence-corrected chi connectivity index (χ4v) is 9.33. The Morgan fingerprint density at radius 3 is 2.25 bits per heavy atom. The number of aliphatic hydroxyl groups is 1. The second-order valence-electron chi connectivity index (χ2n) is 14.7. The lowest BCUT2D eigenvalue weighted by Gasteiger charge is -2.57. The van der Waals surface area contributed by atoms with Gasteiger partial charge in [-0.25, -0.2) is 0 Å². The molecule has 208 valence electrons. The van der Waals surface area contributed by atoms with Crippen LogP contribution in [0.1, 0.15) is 79.6 Å². The number of allylic oxidation sites excluding steroid dienone is 1. The van der Waals surface area contributed by atoms with E-state index in [1.807, 2.05) is 0 Å². The maximum absolute atomic E-state index is 12.0. The lowest BCUT2D eigenvalue weighted by molar-refractivity contribution is -0.249. The van der Waals surface area contributed by atoms with Crippen LogP contribution in [0.4, 0.5) is 0 Å². The first kappa shape index (κ1) is 28.8. The molecular formula is C30H55NO4Si. The lowest BCUT2D eigenvalue weighted by atomic mass is 9.51. The molecule has 6 heteroatoms. The van der Waals surface area contributed by atoms with Crippen molar-refractivity contribution in [3.05, 3.63) is 12.2 Å². The topological polar surface area (TPSA) is 51.2 Å². The van der Waals surface area contributed by atoms with Crippen molar-refractivity contribution in [1.29, 1.82) is 0 Å². The van der Waals surface area contributed by atoms with Crippen LogP contribution in [-0.2, 0) is 13.9 Å². The van der Waals surface area contributed by atoms with Crippen molar-refractivity contribution in [2.75, 3.05) is 33.9 Å². The molecule has 0 aromatic carbocycles. The van der Waals surface area contributed by atoms with Gasteiger partial charge in [-0.1, -0.05) is 46.8 Å². The van der Waals surface area contributed by atoms with Crippen molar-refractivity contribution < 1.29 is 19.0 Å². The zero-order valence-electron chi connectivity index (χ0n) is 24.7. The van der Waals surface area contributed by atoms with Gasteiger partial charge in [0.15, 0.2) is 14.1 Å². The highest BCUT2D eigenvalue weighted by Gasteiger charge is 2.66. The van der Waals surface area contributed by atoms with Crippen molar-refractivity contribution in [1.82, 2.24) is 4.90 Å². The van der Waals surface area contributed by atoms with Crippen LogP contribution < -0.4 is 0 Å². The van der Waals surface area contributed by atoms with E-state index in [4.69, 9.17) is 13.9 Å². The van der Waals surface area contributed by atoms with Crippen molar-refractivity contribution in [3.8, 4) is 0 Å². The molecule has 1 heterocycles. The molecule has 7 atom stereocenters. The van der Waals surface area contributed by atoms with Crippen molar-refractivity contribution in [2.45, 2.75) is 116 Å². The van der Waals surface area contributed by atoms with Gasteiger partial charge in [-0.05, 0) is 93.9 Å². The van der Waals surface area contributed by atoms with Gasteiger partial charge in [-0.3, -0.25) is 0 Å². The van der Waals surface area contributed by atoms with Crippen LogP contribution in [-0.4, -0.2) is 70.2 Å². The third kappa shape index (κ3) is 4.93. The molecule has 1 spiro atoms. The van der Waals surface area contributed by atoms with Crippen molar-refractivity contribution in [2.24, 2.45) is 28.6 Å². The first-order valence-electron chi connectivity index (χ1n) is 14.6. The van der Waals surface area contributed by atoms with Crippen LogP contribution in [0.15, 0.2) is 12.2 Å². The number of hydrogen-bond donors (Lipinski definition) is 1. The van der Waals surface area contributed by atoms with Crippen LogP contribution in [0, 0.1) is 28.6 Å². The molecule has 4 rings (SSSR count). The molecule has 4 aliphatic rings. The first-order chi connectivity index (χ1) is 16.7. The Balaban J connectivity index is 1.56. The molecule has 0 amide bonds. The molecule has 3 unspecified atom stereocenters. The van der Waals surface area contributed by atoms with Gasteiger partial charge in [-0.15, -0.1) is 0 Å². The molecule has 0 aromatic rings. The number of likely N-dealkylation sites (N-methyl/N-ethyl adjacent to an activating group) is 1. The summed E-state index contributed by atoms with van der Waals surface area (Å²) in [5.74, 6) is 0.498. The number of aliphatic hydroxyl groups excluding tert-OH is 1. The normalized spacial score (nSPS) is 41.5. The Morgan fingerprint density at radius 1 is 1.00 bits per heavy atom. The highest BCUT2D eigenvalue weighted by atomic mass is 28.4. The molecule has 1 N–H and O–H groups in total. The lowest BCUT2D eigenvalue weighted by Crippen LogP contribution is -2.57. The second-order valence-corrected chi connectivity index (χ2v) is 19.5. The Morgan fingerprint density at radius 2 is 1.64 bits per heavy atom. The monoisotopic (exact) mass is 521 g/mol. The van der Waals surface area contributed by atoms with E-state index in [-0.39, 0.29) is 27.9 Å². The Bertz CT molecular complexity index is 801. The van der Waals surface area contributed by atoms with Gasteiger partial charge < -0.3 is 23.9 Å². The van der Waals surface area contributed by atoms with E-state index in [0.717, 1.165) is 51.5 Å². The number of nitrogens with zero attached hydrogens (tertiary/aromatic N) is 1. The first-order valence-corrected chi connectivity index (χ1v) is 17.5. The van der Waals surface area contributed by atoms with Gasteiger partial charge in [-0.2, -0.15) is 0 Å². The highest BCUT2D eigenvalue weighted by molar-refractivity contribution is 6.74. The summed E-state index contributed by atoms with van der Waals surface area (Å²) in [5, 5.41) is 12.2. The fraction of sp³-hybridized carbons (Fsp3) is 0.933. The second kappa shape index (κ2) is 10.1. The molecule has 5 nitrogen and oxygen atoms in total. The van der Waals surface area contributed by atoms with Gasteiger partial charge in [0.1, 0.15) is 0 Å². The molecule has 3 aliphatic carbocycles. The van der Waals surface area contributed by atoms with E-state index in [1.165, 1.54) is 0 Å². The van der Waals surface area contributed by atoms with Gasteiger partial charge in [0.05, 0.1) is 19.3 Å². The summed E-state index contributed by atoms with van der Waals surface area (Å²) < 4.78 is 19.5. The fourth-order valence-electron chi connectivity index (χ4n) is 7.93. The predicted molar refractivity (Wildman–Crippen MR) is 149 cm³/mol. The zero-order valence-corrected chi connectivity index (χ0v) is 25.7. The third-order valence-corrected chi connectivity index (χ3v) is 15.9. The van der Waals surface area contributed by atoms with E-state index >= 15 is 0 Å². The zero-order chi connectivity index (χ0) is 26.6. The van der Waals surface area contributed by atoms with Crippen LogP contribution in [0.3, 0.4) is 0 Å². The number of hydrogen-bond acceptors (Lipinski definition) is 5. The average molecular weight is 522 g/mol. The summed E-state index contributed by atoms with van der Waals surface area (Å²) in [6, 6.07) is 0. The molecule has 4 fully saturated rings. The Kier molecular flexibility index (Phi) is 8.03. The molecule has 1 aliphatic heterocycles. The molecule has 0 bridgehead atoms. The molecule has 1 saturated heterocycles. The quantitative estimate of drug-likeness (QED) is 0.332. The van der Waals surface area contributed by atoms with E-state index < -0.39 is 14.1 Å². The van der Waals surface area contributed by atoms with Crippen molar-refractivity contribution >= 4 is 8.32 Å². The van der Waals surface area contributed by atoms with E-state index in [9.17, 15) is 5.11 Å². The van der Waals surface area contributed by atoms with E-state index in [1.54, 1.807) is 0 Å². The standard InChI is InChI=1S/C30H55NO4Si/c1-27(2,3)36(8,9)35-23-12-15-28(4,22(21-23)11-10-18-31(6)7)24-13-16-29(5)25(26(24)32)14-17-30(29)33-19-20-34-30/h10-11,22-26,32H,12-21H2,1-9H3/b11-10-/t22-,23?,24?,25?,26+,28-,29-/m0/s1. The predicted octanol–water partition coefficient (Wildman–Crippen LogP) is 6.23. The highest BCUT2D eigenvalue weighted by Crippen LogP contribution is 2.65. The number of ether oxygens (including phenoxy) is 2. The minimum atomic E-state index is -1.83. The summed E-state index contributed by atoms with van der Waals surface area (Å²) in [5.41, 5.74) is -0.0152. The van der Waals surface area contributed by atoms with Gasteiger partial charge >= 0.3 is 0 Å². The summed E-state index contributed by atoms with van der Waals surface area (Å²) in [7, 11) is 2.43. The Labute approximate surface area is 222 Å². The van der Waals surface area contributed by atoms with Crippen molar-refractivity contribution in [3.63, 3.8) is 0 Å². The summed E-state index contributed by atoms with van der Waals surface area (Å²) in [6.45, 7) is 18.9. The molecule has 36 heavy (non-hydrogen) atoms. The maximum atomic E-state index is 12.0. The van der Waals surface area contributed by atoms with Gasteiger partial charge in [0, 0.05) is 24.5 Å². The number of fused-ring (bicyclic) bond motifs is 2. The Hall–Kier alpha value is -0.243. The maximum Gasteiger partial charge on any atom is 0.192 e.